The topological polar surface area (TPSA) is 33.1 Å². The zero-order valence-corrected chi connectivity index (χ0v) is 6.69. The highest BCUT2D eigenvalue weighted by Gasteiger charge is 2.26. The SMILES string of the molecule is CC(C)=C(C)C1CC(=N)O1. The lowest BCUT2D eigenvalue weighted by Crippen LogP contribution is -2.33. The molecule has 1 saturated heterocycles. The van der Waals surface area contributed by atoms with E-state index in [1.807, 2.05) is 0 Å². The van der Waals surface area contributed by atoms with E-state index >= 15 is 0 Å². The fourth-order valence-electron chi connectivity index (χ4n) is 0.894. The third-order valence-corrected chi connectivity index (χ3v) is 1.93. The van der Waals surface area contributed by atoms with Gasteiger partial charge in [-0.1, -0.05) is 5.57 Å². The predicted molar refractivity (Wildman–Crippen MR) is 41.3 cm³/mol. The van der Waals surface area contributed by atoms with Crippen molar-refractivity contribution in [1.29, 1.82) is 5.41 Å². The molecule has 0 aromatic carbocycles. The molecule has 0 radical (unpaired) electrons. The van der Waals surface area contributed by atoms with E-state index < -0.39 is 0 Å². The van der Waals surface area contributed by atoms with Gasteiger partial charge in [-0.05, 0) is 26.3 Å². The molecule has 2 nitrogen and oxygen atoms in total. The molecule has 0 bridgehead atoms. The highest BCUT2D eigenvalue weighted by Crippen LogP contribution is 2.23. The van der Waals surface area contributed by atoms with Crippen LogP contribution in [0, 0.1) is 5.41 Å². The molecule has 2 heteroatoms. The third kappa shape index (κ3) is 1.20. The lowest BCUT2D eigenvalue weighted by molar-refractivity contribution is 0.149. The molecular weight excluding hydrogens is 126 g/mol. The van der Waals surface area contributed by atoms with Crippen LogP contribution in [0.5, 0.6) is 0 Å². The minimum absolute atomic E-state index is 0.206. The Kier molecular flexibility index (Phi) is 1.79. The van der Waals surface area contributed by atoms with Gasteiger partial charge in [-0.25, -0.2) is 0 Å². The van der Waals surface area contributed by atoms with Crippen LogP contribution in [-0.4, -0.2) is 12.0 Å². The Bertz CT molecular complexity index is 181. The van der Waals surface area contributed by atoms with Crippen LogP contribution in [0.1, 0.15) is 27.2 Å². The Morgan fingerprint density at radius 3 is 2.30 bits per heavy atom. The second-order valence-electron chi connectivity index (χ2n) is 2.92. The molecule has 0 saturated carbocycles. The van der Waals surface area contributed by atoms with E-state index in [1.165, 1.54) is 11.1 Å². The van der Waals surface area contributed by atoms with Gasteiger partial charge in [-0.15, -0.1) is 0 Å². The molecule has 1 aliphatic heterocycles. The molecule has 1 fully saturated rings. The van der Waals surface area contributed by atoms with Gasteiger partial charge in [0.25, 0.3) is 0 Å². The summed E-state index contributed by atoms with van der Waals surface area (Å²) < 4.78 is 5.09. The molecule has 0 spiro atoms. The molecule has 1 unspecified atom stereocenters. The average Bonchev–Trinajstić information content (AvgIpc) is 1.79. The first kappa shape index (κ1) is 7.32. The average molecular weight is 139 g/mol. The van der Waals surface area contributed by atoms with Crippen molar-refractivity contribution in [3.63, 3.8) is 0 Å². The van der Waals surface area contributed by atoms with Crippen molar-refractivity contribution in [1.82, 2.24) is 0 Å². The summed E-state index contributed by atoms with van der Waals surface area (Å²) in [5.74, 6) is 0.422. The summed E-state index contributed by atoms with van der Waals surface area (Å²) in [4.78, 5) is 0. The summed E-state index contributed by atoms with van der Waals surface area (Å²) in [6.07, 6.45) is 0.995. The van der Waals surface area contributed by atoms with Gasteiger partial charge < -0.3 is 4.74 Å². The lowest BCUT2D eigenvalue weighted by atomic mass is 10.0. The number of allylic oxidation sites excluding steroid dienone is 1. The van der Waals surface area contributed by atoms with E-state index in [-0.39, 0.29) is 6.10 Å². The number of ether oxygens (including phenoxy) is 1. The van der Waals surface area contributed by atoms with E-state index in [1.54, 1.807) is 0 Å². The second-order valence-corrected chi connectivity index (χ2v) is 2.92. The van der Waals surface area contributed by atoms with Gasteiger partial charge in [0.05, 0.1) is 6.42 Å². The molecule has 1 heterocycles. The summed E-state index contributed by atoms with van der Waals surface area (Å²) in [6, 6.07) is 0. The highest BCUT2D eigenvalue weighted by atomic mass is 16.5. The number of hydrogen-bond donors (Lipinski definition) is 1. The zero-order valence-electron chi connectivity index (χ0n) is 6.69. The number of hydrogen-bond acceptors (Lipinski definition) is 2. The number of rotatable bonds is 1. The minimum atomic E-state index is 0.206. The Labute approximate surface area is 61.4 Å². The predicted octanol–water partition coefficient (Wildman–Crippen LogP) is 2.11. The first-order chi connectivity index (χ1) is 4.61. The summed E-state index contributed by atoms with van der Waals surface area (Å²) in [7, 11) is 0. The highest BCUT2D eigenvalue weighted by molar-refractivity contribution is 5.79. The summed E-state index contributed by atoms with van der Waals surface area (Å²) in [5, 5.41) is 7.05. The smallest absolute Gasteiger partial charge is 0.185 e. The van der Waals surface area contributed by atoms with Gasteiger partial charge in [0.15, 0.2) is 5.90 Å². The monoisotopic (exact) mass is 139 g/mol. The molecular formula is C8H13NO. The van der Waals surface area contributed by atoms with E-state index in [9.17, 15) is 0 Å². The van der Waals surface area contributed by atoms with Crippen molar-refractivity contribution in [2.75, 3.05) is 0 Å². The molecule has 0 aliphatic carbocycles. The molecule has 1 atom stereocenters. The van der Waals surface area contributed by atoms with Gasteiger partial charge in [0.2, 0.25) is 0 Å². The van der Waals surface area contributed by atoms with Gasteiger partial charge in [0, 0.05) is 0 Å². The first-order valence-electron chi connectivity index (χ1n) is 3.49. The van der Waals surface area contributed by atoms with Crippen LogP contribution in [0.3, 0.4) is 0 Å². The largest absolute Gasteiger partial charge is 0.473 e. The van der Waals surface area contributed by atoms with Crippen LogP contribution in [0.25, 0.3) is 0 Å². The van der Waals surface area contributed by atoms with Crippen LogP contribution >= 0.6 is 0 Å². The quantitative estimate of drug-likeness (QED) is 0.554. The van der Waals surface area contributed by atoms with E-state index in [2.05, 4.69) is 20.8 Å². The fourth-order valence-corrected chi connectivity index (χ4v) is 0.894. The normalized spacial score (nSPS) is 23.1. The van der Waals surface area contributed by atoms with Gasteiger partial charge in [-0.3, -0.25) is 5.41 Å². The molecule has 1 N–H and O–H groups in total. The Morgan fingerprint density at radius 1 is 1.50 bits per heavy atom. The summed E-state index contributed by atoms with van der Waals surface area (Å²) in [6.45, 7) is 6.20. The first-order valence-corrected chi connectivity index (χ1v) is 3.49. The van der Waals surface area contributed by atoms with Gasteiger partial charge in [0.1, 0.15) is 6.10 Å². The van der Waals surface area contributed by atoms with Gasteiger partial charge >= 0.3 is 0 Å². The van der Waals surface area contributed by atoms with Crippen molar-refractivity contribution in [3.05, 3.63) is 11.1 Å². The molecule has 0 aromatic heterocycles. The van der Waals surface area contributed by atoms with E-state index in [4.69, 9.17) is 10.1 Å². The van der Waals surface area contributed by atoms with Crippen LogP contribution in [-0.2, 0) is 4.74 Å². The Morgan fingerprint density at radius 2 is 2.00 bits per heavy atom. The molecule has 1 rings (SSSR count). The van der Waals surface area contributed by atoms with E-state index in [0.29, 0.717) is 5.90 Å². The molecule has 0 amide bonds. The maximum atomic E-state index is 7.05. The van der Waals surface area contributed by atoms with Crippen molar-refractivity contribution >= 4 is 5.90 Å². The zero-order chi connectivity index (χ0) is 7.72. The Hall–Kier alpha value is -0.790. The second kappa shape index (κ2) is 2.45. The molecule has 0 aromatic rings. The summed E-state index contributed by atoms with van der Waals surface area (Å²) in [5.41, 5.74) is 2.58. The number of nitrogens with one attached hydrogen (secondary N) is 1. The fraction of sp³-hybridized carbons (Fsp3) is 0.625. The molecule has 1 aliphatic rings. The molecule has 56 valence electrons. The minimum Gasteiger partial charge on any atom is -0.473 e. The lowest BCUT2D eigenvalue weighted by Gasteiger charge is -2.29. The van der Waals surface area contributed by atoms with Crippen LogP contribution in [0.15, 0.2) is 11.1 Å². The Balaban J connectivity index is 2.53. The molecule has 10 heavy (non-hydrogen) atoms. The van der Waals surface area contributed by atoms with E-state index in [0.717, 1.165) is 6.42 Å². The maximum Gasteiger partial charge on any atom is 0.185 e. The van der Waals surface area contributed by atoms with Crippen LogP contribution < -0.4 is 0 Å². The van der Waals surface area contributed by atoms with Crippen LogP contribution in [0.2, 0.25) is 0 Å². The maximum absolute atomic E-state index is 7.05. The van der Waals surface area contributed by atoms with Crippen molar-refractivity contribution < 1.29 is 4.74 Å². The van der Waals surface area contributed by atoms with Crippen molar-refractivity contribution in [3.8, 4) is 0 Å². The van der Waals surface area contributed by atoms with Crippen molar-refractivity contribution in [2.24, 2.45) is 0 Å². The summed E-state index contributed by atoms with van der Waals surface area (Å²) >= 11 is 0. The van der Waals surface area contributed by atoms with Gasteiger partial charge in [-0.2, -0.15) is 0 Å². The van der Waals surface area contributed by atoms with Crippen molar-refractivity contribution in [2.45, 2.75) is 33.3 Å². The third-order valence-electron chi connectivity index (χ3n) is 1.93. The van der Waals surface area contributed by atoms with Crippen LogP contribution in [0.4, 0.5) is 0 Å². The standard InChI is InChI=1S/C8H13NO/c1-5(2)6(3)7-4-8(9)10-7/h7,9H,4H2,1-3H3.